The average Bonchev–Trinajstić information content (AvgIpc) is 2.85. The lowest BCUT2D eigenvalue weighted by molar-refractivity contribution is 0.0614. The van der Waals surface area contributed by atoms with Crippen LogP contribution in [0.5, 0.6) is 0 Å². The topological polar surface area (TPSA) is 49.3 Å². The Labute approximate surface area is 103 Å². The first-order chi connectivity index (χ1) is 7.61. The number of amides is 1. The molecule has 5 heteroatoms. The molecule has 0 bridgehead atoms. The molecule has 0 aromatic carbocycles. The van der Waals surface area contributed by atoms with Crippen LogP contribution in [0, 0.1) is 6.92 Å². The number of thiophene rings is 1. The largest absolute Gasteiger partial charge is 0.387 e. The highest BCUT2D eigenvalue weighted by atomic mass is 32.2. The summed E-state index contributed by atoms with van der Waals surface area (Å²) in [6.45, 7) is 2.28. The van der Waals surface area contributed by atoms with E-state index < -0.39 is 5.60 Å². The molecular weight excluding hydrogens is 242 g/mol. The number of rotatable bonds is 3. The fourth-order valence-corrected chi connectivity index (χ4v) is 3.80. The molecule has 1 aliphatic rings. The third kappa shape index (κ3) is 2.59. The highest BCUT2D eigenvalue weighted by Crippen LogP contribution is 2.27. The van der Waals surface area contributed by atoms with Gasteiger partial charge in [0.05, 0.1) is 10.5 Å². The monoisotopic (exact) mass is 257 g/mol. The summed E-state index contributed by atoms with van der Waals surface area (Å²) in [5, 5.41) is 14.8. The van der Waals surface area contributed by atoms with Crippen LogP contribution in [-0.4, -0.2) is 34.7 Å². The summed E-state index contributed by atoms with van der Waals surface area (Å²) < 4.78 is 0. The Bertz CT molecular complexity index is 383. The highest BCUT2D eigenvalue weighted by Gasteiger charge is 2.32. The van der Waals surface area contributed by atoms with Crippen LogP contribution in [0.3, 0.4) is 0 Å². The maximum atomic E-state index is 11.8. The molecule has 1 unspecified atom stereocenters. The van der Waals surface area contributed by atoms with Crippen molar-refractivity contribution in [3.8, 4) is 0 Å². The van der Waals surface area contributed by atoms with E-state index in [4.69, 9.17) is 0 Å². The van der Waals surface area contributed by atoms with E-state index in [0.717, 1.165) is 28.4 Å². The first-order valence-electron chi connectivity index (χ1n) is 5.23. The molecule has 1 aliphatic heterocycles. The van der Waals surface area contributed by atoms with Crippen LogP contribution >= 0.6 is 23.1 Å². The van der Waals surface area contributed by atoms with Crippen LogP contribution in [0.15, 0.2) is 11.4 Å². The van der Waals surface area contributed by atoms with Crippen LogP contribution < -0.4 is 5.32 Å². The Morgan fingerprint density at radius 1 is 1.69 bits per heavy atom. The number of carbonyl (C=O) groups excluding carboxylic acids is 1. The number of carbonyl (C=O) groups is 1. The lowest BCUT2D eigenvalue weighted by Gasteiger charge is -2.21. The number of aryl methyl sites for hydroxylation is 1. The minimum absolute atomic E-state index is 0.0715. The standard InChI is InChI=1S/C11H15NO2S2/c1-8-2-4-16-9(8)10(13)12-6-11(14)3-5-15-7-11/h2,4,14H,3,5-7H2,1H3,(H,12,13). The molecule has 88 valence electrons. The van der Waals surface area contributed by atoms with Gasteiger partial charge in [0.2, 0.25) is 0 Å². The van der Waals surface area contributed by atoms with Crippen molar-refractivity contribution in [3.05, 3.63) is 21.9 Å². The Kier molecular flexibility index (Phi) is 3.56. The summed E-state index contributed by atoms with van der Waals surface area (Å²) in [6.07, 6.45) is 0.765. The molecule has 3 nitrogen and oxygen atoms in total. The van der Waals surface area contributed by atoms with Gasteiger partial charge < -0.3 is 10.4 Å². The van der Waals surface area contributed by atoms with Crippen molar-refractivity contribution in [1.82, 2.24) is 5.32 Å². The zero-order valence-corrected chi connectivity index (χ0v) is 10.8. The smallest absolute Gasteiger partial charge is 0.261 e. The van der Waals surface area contributed by atoms with Crippen molar-refractivity contribution in [2.75, 3.05) is 18.1 Å². The van der Waals surface area contributed by atoms with E-state index in [0.29, 0.717) is 6.54 Å². The third-order valence-corrected chi connectivity index (χ3v) is 4.98. The summed E-state index contributed by atoms with van der Waals surface area (Å²) in [4.78, 5) is 12.6. The van der Waals surface area contributed by atoms with E-state index in [1.807, 2.05) is 18.4 Å². The SMILES string of the molecule is Cc1ccsc1C(=O)NCC1(O)CCSC1. The minimum atomic E-state index is -0.703. The second-order valence-electron chi connectivity index (χ2n) is 4.14. The normalized spacial score (nSPS) is 24.6. The van der Waals surface area contributed by atoms with Gasteiger partial charge in [0.25, 0.3) is 5.91 Å². The fourth-order valence-electron chi connectivity index (χ4n) is 1.67. The van der Waals surface area contributed by atoms with Gasteiger partial charge in [-0.15, -0.1) is 11.3 Å². The Morgan fingerprint density at radius 3 is 3.06 bits per heavy atom. The van der Waals surface area contributed by atoms with Gasteiger partial charge in [-0.2, -0.15) is 11.8 Å². The summed E-state index contributed by atoms with van der Waals surface area (Å²) in [7, 11) is 0. The predicted molar refractivity (Wildman–Crippen MR) is 68.3 cm³/mol. The van der Waals surface area contributed by atoms with E-state index in [1.165, 1.54) is 11.3 Å². The lowest BCUT2D eigenvalue weighted by Crippen LogP contribution is -2.42. The Hall–Kier alpha value is -0.520. The Morgan fingerprint density at radius 2 is 2.50 bits per heavy atom. The predicted octanol–water partition coefficient (Wildman–Crippen LogP) is 1.65. The molecule has 0 spiro atoms. The molecular formula is C11H15NO2S2. The quantitative estimate of drug-likeness (QED) is 0.865. The van der Waals surface area contributed by atoms with Gasteiger partial charge in [-0.1, -0.05) is 0 Å². The molecule has 2 heterocycles. The summed E-state index contributed by atoms with van der Waals surface area (Å²) >= 11 is 3.17. The van der Waals surface area contributed by atoms with Gasteiger partial charge in [0.15, 0.2) is 0 Å². The van der Waals surface area contributed by atoms with Gasteiger partial charge in [-0.05, 0) is 36.1 Å². The second kappa shape index (κ2) is 4.77. The first kappa shape index (κ1) is 12.0. The van der Waals surface area contributed by atoms with Gasteiger partial charge in [-0.25, -0.2) is 0 Å². The molecule has 2 N–H and O–H groups in total. The molecule has 1 saturated heterocycles. The zero-order chi connectivity index (χ0) is 11.6. The van der Waals surface area contributed by atoms with Crippen molar-refractivity contribution < 1.29 is 9.90 Å². The fraction of sp³-hybridized carbons (Fsp3) is 0.545. The zero-order valence-electron chi connectivity index (χ0n) is 9.16. The maximum absolute atomic E-state index is 11.8. The number of aliphatic hydroxyl groups is 1. The van der Waals surface area contributed by atoms with Crippen molar-refractivity contribution >= 4 is 29.0 Å². The molecule has 1 amide bonds. The van der Waals surface area contributed by atoms with Crippen molar-refractivity contribution in [1.29, 1.82) is 0 Å². The van der Waals surface area contributed by atoms with Gasteiger partial charge in [-0.3, -0.25) is 4.79 Å². The summed E-state index contributed by atoms with van der Waals surface area (Å²) in [5.74, 6) is 1.62. The first-order valence-corrected chi connectivity index (χ1v) is 7.27. The van der Waals surface area contributed by atoms with E-state index in [2.05, 4.69) is 5.32 Å². The molecule has 1 fully saturated rings. The number of hydrogen-bond donors (Lipinski definition) is 2. The van der Waals surface area contributed by atoms with Crippen molar-refractivity contribution in [2.24, 2.45) is 0 Å². The summed E-state index contributed by atoms with van der Waals surface area (Å²) in [6, 6.07) is 1.93. The lowest BCUT2D eigenvalue weighted by atomic mass is 10.0. The van der Waals surface area contributed by atoms with Crippen LogP contribution in [0.25, 0.3) is 0 Å². The molecule has 1 aromatic rings. The van der Waals surface area contributed by atoms with Crippen LogP contribution in [0.1, 0.15) is 21.7 Å². The van der Waals surface area contributed by atoms with Gasteiger partial charge in [0.1, 0.15) is 0 Å². The summed E-state index contributed by atoms with van der Waals surface area (Å²) in [5.41, 5.74) is 0.293. The molecule has 1 aromatic heterocycles. The third-order valence-electron chi connectivity index (χ3n) is 2.73. The molecule has 16 heavy (non-hydrogen) atoms. The molecule has 0 saturated carbocycles. The molecule has 0 radical (unpaired) electrons. The highest BCUT2D eigenvalue weighted by molar-refractivity contribution is 7.99. The van der Waals surface area contributed by atoms with Crippen molar-refractivity contribution in [2.45, 2.75) is 18.9 Å². The van der Waals surface area contributed by atoms with Crippen LogP contribution in [0.4, 0.5) is 0 Å². The van der Waals surface area contributed by atoms with E-state index in [-0.39, 0.29) is 5.91 Å². The molecule has 1 atom stereocenters. The van der Waals surface area contributed by atoms with Crippen LogP contribution in [0.2, 0.25) is 0 Å². The Balaban J connectivity index is 1.91. The van der Waals surface area contributed by atoms with E-state index in [9.17, 15) is 9.90 Å². The minimum Gasteiger partial charge on any atom is -0.387 e. The van der Waals surface area contributed by atoms with E-state index >= 15 is 0 Å². The average molecular weight is 257 g/mol. The molecule has 2 rings (SSSR count). The van der Waals surface area contributed by atoms with Gasteiger partial charge >= 0.3 is 0 Å². The number of nitrogens with one attached hydrogen (secondary N) is 1. The van der Waals surface area contributed by atoms with E-state index in [1.54, 1.807) is 11.8 Å². The maximum Gasteiger partial charge on any atom is 0.261 e. The molecule has 0 aliphatic carbocycles. The van der Waals surface area contributed by atoms with Gasteiger partial charge in [0, 0.05) is 12.3 Å². The second-order valence-corrected chi connectivity index (χ2v) is 6.16. The van der Waals surface area contributed by atoms with Crippen LogP contribution in [-0.2, 0) is 0 Å². The number of hydrogen-bond acceptors (Lipinski definition) is 4. The van der Waals surface area contributed by atoms with Crippen molar-refractivity contribution in [3.63, 3.8) is 0 Å². The number of thioether (sulfide) groups is 1.